The van der Waals surface area contributed by atoms with Gasteiger partial charge in [0, 0.05) is 11.1 Å². The van der Waals surface area contributed by atoms with E-state index < -0.39 is 46.9 Å². The number of esters is 4. The van der Waals surface area contributed by atoms with Crippen molar-refractivity contribution in [2.45, 2.75) is 80.4 Å². The van der Waals surface area contributed by atoms with E-state index in [0.29, 0.717) is 11.1 Å². The van der Waals surface area contributed by atoms with Crippen LogP contribution in [-0.4, -0.2) is 60.1 Å². The molecule has 0 aliphatic carbocycles. The molecule has 0 saturated heterocycles. The van der Waals surface area contributed by atoms with Crippen LogP contribution in [0, 0.1) is 13.8 Å². The molecule has 1 aromatic carbocycles. The number of amides is 2. The summed E-state index contributed by atoms with van der Waals surface area (Å²) in [6, 6.07) is 5.74. The lowest BCUT2D eigenvalue weighted by Gasteiger charge is -2.19. The van der Waals surface area contributed by atoms with Gasteiger partial charge in [-0.1, -0.05) is 6.07 Å². The first-order valence-electron chi connectivity index (χ1n) is 15.1. The van der Waals surface area contributed by atoms with Crippen LogP contribution < -0.4 is 10.6 Å². The Balaban J connectivity index is 1.94. The molecular formula is C34H40N2O10S2. The molecule has 0 aliphatic rings. The van der Waals surface area contributed by atoms with Crippen LogP contribution in [0.3, 0.4) is 0 Å². The minimum atomic E-state index is -0.793. The first-order chi connectivity index (χ1) is 22.3. The third-order valence-corrected chi connectivity index (χ3v) is 8.64. The molecule has 0 spiro atoms. The summed E-state index contributed by atoms with van der Waals surface area (Å²) in [4.78, 5) is 78.7. The van der Waals surface area contributed by atoms with Crippen molar-refractivity contribution in [3.8, 4) is 0 Å². The molecule has 0 bridgehead atoms. The zero-order valence-electron chi connectivity index (χ0n) is 28.6. The van der Waals surface area contributed by atoms with Gasteiger partial charge in [0.1, 0.15) is 31.0 Å². The molecular weight excluding hydrogens is 661 g/mol. The molecule has 3 aromatic rings. The van der Waals surface area contributed by atoms with Gasteiger partial charge in [-0.2, -0.15) is 0 Å². The zero-order valence-corrected chi connectivity index (χ0v) is 30.3. The molecule has 0 fully saturated rings. The smallest absolute Gasteiger partial charge is 0.349 e. The van der Waals surface area contributed by atoms with Gasteiger partial charge in [-0.05, 0) is 98.6 Å². The molecule has 0 aliphatic heterocycles. The zero-order chi connectivity index (χ0) is 36.1. The predicted octanol–water partition coefficient (Wildman–Crippen LogP) is 7.20. The summed E-state index contributed by atoms with van der Waals surface area (Å²) in [6.07, 6.45) is 0. The molecule has 2 amide bonds. The predicted molar refractivity (Wildman–Crippen MR) is 183 cm³/mol. The van der Waals surface area contributed by atoms with E-state index in [1.165, 1.54) is 24.3 Å². The topological polar surface area (TPSA) is 163 Å². The third-order valence-electron chi connectivity index (χ3n) is 6.26. The maximum absolute atomic E-state index is 13.4. The molecule has 0 atom stereocenters. The van der Waals surface area contributed by atoms with E-state index in [2.05, 4.69) is 10.6 Å². The number of hydrogen-bond donors (Lipinski definition) is 2. The lowest BCUT2D eigenvalue weighted by molar-refractivity contribution is 0.00615. The molecule has 14 heteroatoms. The van der Waals surface area contributed by atoms with E-state index in [9.17, 15) is 28.8 Å². The summed E-state index contributed by atoms with van der Waals surface area (Å²) in [5.41, 5.74) is -0.836. The number of hydrogen-bond acceptors (Lipinski definition) is 12. The van der Waals surface area contributed by atoms with Crippen LogP contribution in [-0.2, 0) is 18.9 Å². The number of rotatable bonds is 10. The number of ether oxygens (including phenoxy) is 4. The van der Waals surface area contributed by atoms with Crippen molar-refractivity contribution in [2.75, 3.05) is 23.8 Å². The van der Waals surface area contributed by atoms with E-state index in [4.69, 9.17) is 18.9 Å². The van der Waals surface area contributed by atoms with Gasteiger partial charge in [0.25, 0.3) is 11.8 Å². The molecule has 0 radical (unpaired) electrons. The fraction of sp³-hybridized carbons (Fsp3) is 0.412. The van der Waals surface area contributed by atoms with Gasteiger partial charge in [-0.15, -0.1) is 22.7 Å². The third kappa shape index (κ3) is 9.28. The number of carbonyl (C=O) groups excluding carboxylic acids is 6. The Morgan fingerprint density at radius 2 is 0.979 bits per heavy atom. The van der Waals surface area contributed by atoms with Crippen LogP contribution in [0.4, 0.5) is 10.0 Å². The van der Waals surface area contributed by atoms with Crippen molar-refractivity contribution < 1.29 is 47.7 Å². The Labute approximate surface area is 287 Å². The monoisotopic (exact) mass is 700 g/mol. The maximum atomic E-state index is 13.4. The number of carbonyl (C=O) groups is 6. The quantitative estimate of drug-likeness (QED) is 0.163. The van der Waals surface area contributed by atoms with E-state index >= 15 is 0 Å². The second-order valence-corrected chi connectivity index (χ2v) is 14.5. The summed E-state index contributed by atoms with van der Waals surface area (Å²) in [6.45, 7) is 16.8. The number of nitrogens with one attached hydrogen (secondary N) is 2. The minimum absolute atomic E-state index is 0.0188. The van der Waals surface area contributed by atoms with Crippen LogP contribution in [0.25, 0.3) is 0 Å². The molecule has 2 heterocycles. The molecule has 2 N–H and O–H groups in total. The van der Waals surface area contributed by atoms with Gasteiger partial charge in [0.15, 0.2) is 0 Å². The lowest BCUT2D eigenvalue weighted by Crippen LogP contribution is -2.23. The highest BCUT2D eigenvalue weighted by molar-refractivity contribution is 7.19. The Bertz CT molecular complexity index is 1630. The Kier molecular flexibility index (Phi) is 11.9. The molecule has 258 valence electrons. The van der Waals surface area contributed by atoms with Crippen LogP contribution in [0.15, 0.2) is 24.3 Å². The molecule has 48 heavy (non-hydrogen) atoms. The van der Waals surface area contributed by atoms with Crippen molar-refractivity contribution in [3.63, 3.8) is 0 Å². The van der Waals surface area contributed by atoms with Crippen LogP contribution in [0.5, 0.6) is 0 Å². The minimum Gasteiger partial charge on any atom is -0.462 e. The van der Waals surface area contributed by atoms with Crippen LogP contribution >= 0.6 is 22.7 Å². The van der Waals surface area contributed by atoms with Gasteiger partial charge in [0.2, 0.25) is 0 Å². The largest absolute Gasteiger partial charge is 0.462 e. The summed E-state index contributed by atoms with van der Waals surface area (Å²) < 4.78 is 21.3. The average molecular weight is 701 g/mol. The standard InChI is InChI=1S/C34H40N2O10S2/c1-11-43-29(39)21-17(3)23(31(41)45-33(5,6)7)47-27(21)35-25(37)19-14-13-15-20(16-19)26(38)36-28-22(30(40)44-12-2)18(4)24(48-28)32(42)46-34(8,9)10/h13-16H,11-12H2,1-10H3,(H,35,37)(H,36,38). The van der Waals surface area contributed by atoms with E-state index in [1.807, 2.05) is 0 Å². The molecule has 0 unspecified atom stereocenters. The van der Waals surface area contributed by atoms with Crippen molar-refractivity contribution in [1.82, 2.24) is 0 Å². The fourth-order valence-corrected chi connectivity index (χ4v) is 6.42. The van der Waals surface area contributed by atoms with Crippen molar-refractivity contribution in [1.29, 1.82) is 0 Å². The van der Waals surface area contributed by atoms with Crippen molar-refractivity contribution >= 4 is 68.4 Å². The second kappa shape index (κ2) is 15.1. The first kappa shape index (κ1) is 37.9. The summed E-state index contributed by atoms with van der Waals surface area (Å²) in [5.74, 6) is -4.10. The average Bonchev–Trinajstić information content (AvgIpc) is 3.47. The highest BCUT2D eigenvalue weighted by atomic mass is 32.1. The Morgan fingerprint density at radius 3 is 1.29 bits per heavy atom. The normalized spacial score (nSPS) is 11.4. The summed E-state index contributed by atoms with van der Waals surface area (Å²) in [7, 11) is 0. The highest BCUT2D eigenvalue weighted by Gasteiger charge is 2.31. The van der Waals surface area contributed by atoms with Crippen LogP contribution in [0.2, 0.25) is 0 Å². The van der Waals surface area contributed by atoms with Crippen molar-refractivity contribution in [3.05, 3.63) is 67.4 Å². The Hall–Kier alpha value is -4.56. The molecule has 2 aromatic heterocycles. The number of anilines is 2. The second-order valence-electron chi connectivity index (χ2n) is 12.5. The first-order valence-corrected chi connectivity index (χ1v) is 16.7. The van der Waals surface area contributed by atoms with Gasteiger partial charge in [-0.25, -0.2) is 19.2 Å². The summed E-state index contributed by atoms with van der Waals surface area (Å²) in [5, 5.41) is 5.50. The molecule has 12 nitrogen and oxygen atoms in total. The lowest BCUT2D eigenvalue weighted by atomic mass is 10.1. The number of thiophene rings is 2. The number of benzene rings is 1. The van der Waals surface area contributed by atoms with Gasteiger partial charge >= 0.3 is 23.9 Å². The maximum Gasteiger partial charge on any atom is 0.349 e. The highest BCUT2D eigenvalue weighted by Crippen LogP contribution is 2.37. The van der Waals surface area contributed by atoms with E-state index in [1.54, 1.807) is 69.2 Å². The van der Waals surface area contributed by atoms with Gasteiger partial charge < -0.3 is 29.6 Å². The van der Waals surface area contributed by atoms with E-state index in [0.717, 1.165) is 22.7 Å². The molecule has 3 rings (SSSR count). The van der Waals surface area contributed by atoms with Crippen molar-refractivity contribution in [2.24, 2.45) is 0 Å². The van der Waals surface area contributed by atoms with Crippen LogP contribution in [0.1, 0.15) is 127 Å². The van der Waals surface area contributed by atoms with Gasteiger partial charge in [-0.3, -0.25) is 9.59 Å². The fourth-order valence-electron chi connectivity index (χ4n) is 4.29. The Morgan fingerprint density at radius 1 is 0.625 bits per heavy atom. The van der Waals surface area contributed by atoms with E-state index in [-0.39, 0.29) is 55.2 Å². The SMILES string of the molecule is CCOC(=O)c1c(NC(=O)c2cccc(C(=O)Nc3sc(C(=O)OC(C)(C)C)c(C)c3C(=O)OCC)c2)sc(C(=O)OC(C)(C)C)c1C. The summed E-state index contributed by atoms with van der Waals surface area (Å²) >= 11 is 1.75. The molecule has 0 saturated carbocycles. The van der Waals surface area contributed by atoms with Gasteiger partial charge in [0.05, 0.1) is 24.3 Å².